The van der Waals surface area contributed by atoms with Crippen molar-refractivity contribution in [3.63, 3.8) is 0 Å². The predicted molar refractivity (Wildman–Crippen MR) is 83.6 cm³/mol. The summed E-state index contributed by atoms with van der Waals surface area (Å²) in [6, 6.07) is 6.00. The quantitative estimate of drug-likeness (QED) is 0.835. The summed E-state index contributed by atoms with van der Waals surface area (Å²) >= 11 is 0. The van der Waals surface area contributed by atoms with Gasteiger partial charge < -0.3 is 4.90 Å². The fourth-order valence-electron chi connectivity index (χ4n) is 3.02. The number of carbonyl (C=O) groups is 1. The van der Waals surface area contributed by atoms with E-state index in [2.05, 4.69) is 0 Å². The zero-order chi connectivity index (χ0) is 16.3. The maximum absolute atomic E-state index is 14.0. The Morgan fingerprint density at radius 3 is 2.68 bits per heavy atom. The van der Waals surface area contributed by atoms with Crippen LogP contribution in [0.4, 0.5) is 4.39 Å². The molecule has 2 atom stereocenters. The fourth-order valence-corrected chi connectivity index (χ4v) is 4.32. The standard InChI is InChI=1S/C16H22FNO3S/c1-3-8-22(20,21)11-16(19)18-10-12(2)9-15(18)13-6-4-5-7-14(13)17/h4-7,12,15H,3,8-11H2,1-2H3/t12-,15+/m1/s1. The van der Waals surface area contributed by atoms with E-state index < -0.39 is 21.5 Å². The van der Waals surface area contributed by atoms with Crippen molar-refractivity contribution in [3.05, 3.63) is 35.6 Å². The van der Waals surface area contributed by atoms with Crippen LogP contribution in [0.3, 0.4) is 0 Å². The molecule has 6 heteroatoms. The Kier molecular flexibility index (Phi) is 5.21. The molecule has 122 valence electrons. The van der Waals surface area contributed by atoms with Crippen molar-refractivity contribution in [2.45, 2.75) is 32.7 Å². The molecule has 1 fully saturated rings. The smallest absolute Gasteiger partial charge is 0.238 e. The third-order valence-corrected chi connectivity index (χ3v) is 5.67. The molecular weight excluding hydrogens is 305 g/mol. The molecule has 22 heavy (non-hydrogen) atoms. The number of nitrogens with zero attached hydrogens (tertiary/aromatic N) is 1. The first kappa shape index (κ1) is 16.9. The largest absolute Gasteiger partial charge is 0.334 e. The zero-order valence-electron chi connectivity index (χ0n) is 13.0. The molecule has 1 aliphatic heterocycles. The maximum atomic E-state index is 14.0. The van der Waals surface area contributed by atoms with Gasteiger partial charge in [0.1, 0.15) is 11.6 Å². The second-order valence-corrected chi connectivity index (χ2v) is 8.20. The SMILES string of the molecule is CCCS(=O)(=O)CC(=O)N1C[C@H](C)C[C@H]1c1ccccc1F. The Bertz CT molecular complexity index is 645. The van der Waals surface area contributed by atoms with Crippen molar-refractivity contribution < 1.29 is 17.6 Å². The van der Waals surface area contributed by atoms with Gasteiger partial charge in [0.2, 0.25) is 5.91 Å². The van der Waals surface area contributed by atoms with Crippen molar-refractivity contribution >= 4 is 15.7 Å². The first-order chi connectivity index (χ1) is 10.3. The van der Waals surface area contributed by atoms with Crippen LogP contribution < -0.4 is 0 Å². The van der Waals surface area contributed by atoms with Gasteiger partial charge in [-0.1, -0.05) is 32.0 Å². The Balaban J connectivity index is 2.21. The van der Waals surface area contributed by atoms with E-state index in [-0.39, 0.29) is 23.5 Å². The summed E-state index contributed by atoms with van der Waals surface area (Å²) in [7, 11) is -3.39. The zero-order valence-corrected chi connectivity index (χ0v) is 13.8. The van der Waals surface area contributed by atoms with Crippen LogP contribution in [-0.2, 0) is 14.6 Å². The van der Waals surface area contributed by atoms with Gasteiger partial charge in [0.15, 0.2) is 9.84 Å². The molecule has 1 aliphatic rings. The first-order valence-electron chi connectivity index (χ1n) is 7.58. The van der Waals surface area contributed by atoms with Gasteiger partial charge in [-0.15, -0.1) is 0 Å². The first-order valence-corrected chi connectivity index (χ1v) is 9.40. The lowest BCUT2D eigenvalue weighted by Crippen LogP contribution is -2.36. The number of carbonyl (C=O) groups excluding carboxylic acids is 1. The summed E-state index contributed by atoms with van der Waals surface area (Å²) in [6.45, 7) is 4.23. The topological polar surface area (TPSA) is 54.5 Å². The van der Waals surface area contributed by atoms with Gasteiger partial charge in [-0.3, -0.25) is 4.79 Å². The van der Waals surface area contributed by atoms with Crippen molar-refractivity contribution in [1.82, 2.24) is 4.90 Å². The molecule has 0 aromatic heterocycles. The van der Waals surface area contributed by atoms with Crippen LogP contribution in [-0.4, -0.2) is 37.3 Å². The summed E-state index contributed by atoms with van der Waals surface area (Å²) in [4.78, 5) is 13.9. The molecule has 0 bridgehead atoms. The Labute approximate surface area is 131 Å². The number of halogens is 1. The van der Waals surface area contributed by atoms with E-state index in [9.17, 15) is 17.6 Å². The molecule has 0 N–H and O–H groups in total. The van der Waals surface area contributed by atoms with Crippen molar-refractivity contribution in [2.24, 2.45) is 5.92 Å². The number of amides is 1. The van der Waals surface area contributed by atoms with Gasteiger partial charge in [-0.05, 0) is 24.8 Å². The lowest BCUT2D eigenvalue weighted by atomic mass is 10.0. The van der Waals surface area contributed by atoms with Crippen LogP contribution >= 0.6 is 0 Å². The van der Waals surface area contributed by atoms with Crippen LogP contribution in [0.25, 0.3) is 0 Å². The molecule has 1 aromatic carbocycles. The normalized spacial score (nSPS) is 22.0. The summed E-state index contributed by atoms with van der Waals surface area (Å²) in [5.74, 6) is -1.03. The maximum Gasteiger partial charge on any atom is 0.238 e. The summed E-state index contributed by atoms with van der Waals surface area (Å²) in [6.07, 6.45) is 1.14. The molecule has 0 radical (unpaired) electrons. The fraction of sp³-hybridized carbons (Fsp3) is 0.562. The Hall–Kier alpha value is -1.43. The molecule has 1 saturated heterocycles. The van der Waals surface area contributed by atoms with Gasteiger partial charge in [-0.2, -0.15) is 0 Å². The monoisotopic (exact) mass is 327 g/mol. The number of benzene rings is 1. The molecule has 4 nitrogen and oxygen atoms in total. The van der Waals surface area contributed by atoms with Crippen LogP contribution in [0.1, 0.15) is 38.3 Å². The van der Waals surface area contributed by atoms with Gasteiger partial charge in [0.25, 0.3) is 0 Å². The van der Waals surface area contributed by atoms with Crippen molar-refractivity contribution in [3.8, 4) is 0 Å². The predicted octanol–water partition coefficient (Wildman–Crippen LogP) is 2.56. The Morgan fingerprint density at radius 2 is 2.05 bits per heavy atom. The minimum Gasteiger partial charge on any atom is -0.334 e. The number of hydrogen-bond acceptors (Lipinski definition) is 3. The van der Waals surface area contributed by atoms with Gasteiger partial charge in [0.05, 0.1) is 11.8 Å². The Morgan fingerprint density at radius 1 is 1.36 bits per heavy atom. The molecule has 1 aromatic rings. The van der Waals surface area contributed by atoms with Gasteiger partial charge in [-0.25, -0.2) is 12.8 Å². The second kappa shape index (κ2) is 6.77. The average Bonchev–Trinajstić information content (AvgIpc) is 2.80. The summed E-state index contributed by atoms with van der Waals surface area (Å²) in [5.41, 5.74) is 0.466. The van der Waals surface area contributed by atoms with E-state index in [0.29, 0.717) is 24.9 Å². The molecule has 0 unspecified atom stereocenters. The third-order valence-electron chi connectivity index (χ3n) is 3.95. The number of likely N-dealkylation sites (tertiary alicyclic amines) is 1. The van der Waals surface area contributed by atoms with Gasteiger partial charge in [0, 0.05) is 12.1 Å². The highest BCUT2D eigenvalue weighted by Crippen LogP contribution is 2.36. The van der Waals surface area contributed by atoms with Crippen LogP contribution in [0, 0.1) is 11.7 Å². The highest BCUT2D eigenvalue weighted by molar-refractivity contribution is 7.92. The van der Waals surface area contributed by atoms with E-state index in [0.717, 1.165) is 0 Å². The van der Waals surface area contributed by atoms with E-state index in [4.69, 9.17) is 0 Å². The number of hydrogen-bond donors (Lipinski definition) is 0. The minimum absolute atomic E-state index is 0.00645. The highest BCUT2D eigenvalue weighted by Gasteiger charge is 2.36. The van der Waals surface area contributed by atoms with E-state index in [1.165, 1.54) is 11.0 Å². The van der Waals surface area contributed by atoms with Gasteiger partial charge >= 0.3 is 0 Å². The van der Waals surface area contributed by atoms with E-state index in [1.54, 1.807) is 25.1 Å². The van der Waals surface area contributed by atoms with E-state index in [1.807, 2.05) is 6.92 Å². The minimum atomic E-state index is -3.39. The second-order valence-electron chi connectivity index (χ2n) is 6.02. The summed E-state index contributed by atoms with van der Waals surface area (Å²) in [5, 5.41) is 0. The lowest BCUT2D eigenvalue weighted by Gasteiger charge is -2.25. The average molecular weight is 327 g/mol. The summed E-state index contributed by atoms with van der Waals surface area (Å²) < 4.78 is 37.7. The third kappa shape index (κ3) is 3.85. The number of rotatable bonds is 5. The van der Waals surface area contributed by atoms with Crippen molar-refractivity contribution in [1.29, 1.82) is 0 Å². The van der Waals surface area contributed by atoms with Crippen molar-refractivity contribution in [2.75, 3.05) is 18.1 Å². The van der Waals surface area contributed by atoms with Crippen LogP contribution in [0.15, 0.2) is 24.3 Å². The molecule has 0 aliphatic carbocycles. The van der Waals surface area contributed by atoms with E-state index >= 15 is 0 Å². The van der Waals surface area contributed by atoms with Crippen LogP contribution in [0.5, 0.6) is 0 Å². The molecule has 1 amide bonds. The highest BCUT2D eigenvalue weighted by atomic mass is 32.2. The lowest BCUT2D eigenvalue weighted by molar-refractivity contribution is -0.129. The molecule has 1 heterocycles. The van der Waals surface area contributed by atoms with Crippen LogP contribution in [0.2, 0.25) is 0 Å². The molecule has 2 rings (SSSR count). The molecular formula is C16H22FNO3S. The number of sulfone groups is 1. The molecule has 0 saturated carbocycles. The molecule has 0 spiro atoms.